The van der Waals surface area contributed by atoms with Gasteiger partial charge < -0.3 is 9.47 Å². The number of hydrogen-bond acceptors (Lipinski definition) is 5. The molecule has 0 aliphatic heterocycles. The molecule has 0 radical (unpaired) electrons. The van der Waals surface area contributed by atoms with Crippen molar-refractivity contribution in [2.45, 2.75) is 64.5 Å². The number of hydrogen-bond donors (Lipinski definition) is 0. The molecular weight excluding hydrogens is 649 g/mol. The molecule has 0 amide bonds. The van der Waals surface area contributed by atoms with Crippen LogP contribution < -0.4 is 0 Å². The van der Waals surface area contributed by atoms with E-state index < -0.39 is 5.97 Å². The molecule has 4 rings (SSSR count). The lowest BCUT2D eigenvalue weighted by atomic mass is 9.98. The summed E-state index contributed by atoms with van der Waals surface area (Å²) in [5.74, 6) is 1.58. The van der Waals surface area contributed by atoms with E-state index in [1.807, 2.05) is 23.9 Å². The molecule has 0 spiro atoms. The largest absolute Gasteiger partial charge is 0.460 e. The first kappa shape index (κ1) is 42.7. The van der Waals surface area contributed by atoms with E-state index >= 15 is 0 Å². The quantitative estimate of drug-likeness (QED) is 0.0397. The molecule has 51 heavy (non-hydrogen) atoms. The van der Waals surface area contributed by atoms with Gasteiger partial charge in [-0.25, -0.2) is 4.79 Å². The number of ether oxygens (including phenoxy) is 2. The van der Waals surface area contributed by atoms with Gasteiger partial charge in [0, 0.05) is 24.0 Å². The maximum Gasteiger partial charge on any atom is 0.330 e. The number of rotatable bonds is 20. The Labute approximate surface area is 311 Å². The lowest BCUT2D eigenvalue weighted by Crippen LogP contribution is -2.09. The number of thioether (sulfide) groups is 1. The average molecular weight is 705 g/mol. The van der Waals surface area contributed by atoms with E-state index in [2.05, 4.69) is 131 Å². The number of aryl methyl sites for hydroxylation is 2. The minimum atomic E-state index is -0.409. The van der Waals surface area contributed by atoms with E-state index in [4.69, 9.17) is 9.47 Å². The molecule has 0 saturated carbocycles. The van der Waals surface area contributed by atoms with Gasteiger partial charge in [-0.15, -0.1) is 6.58 Å². The summed E-state index contributed by atoms with van der Waals surface area (Å²) in [6.07, 6.45) is 11.1. The predicted molar refractivity (Wildman–Crippen MR) is 218 cm³/mol. The molecule has 270 valence electrons. The molecule has 0 heterocycles. The highest BCUT2D eigenvalue weighted by Gasteiger charge is 2.03. The molecule has 4 aromatic carbocycles. The van der Waals surface area contributed by atoms with Crippen LogP contribution >= 0.6 is 11.8 Å². The monoisotopic (exact) mass is 704 g/mol. The summed E-state index contributed by atoms with van der Waals surface area (Å²) in [5, 5.41) is 0. The van der Waals surface area contributed by atoms with E-state index in [-0.39, 0.29) is 12.4 Å². The predicted octanol–water partition coefficient (Wildman–Crippen LogP) is 10.8. The third-order valence-corrected chi connectivity index (χ3v) is 8.62. The molecule has 0 N–H and O–H groups in total. The molecule has 0 saturated heterocycles. The summed E-state index contributed by atoms with van der Waals surface area (Å²) >= 11 is 1.84. The molecule has 5 heteroatoms. The van der Waals surface area contributed by atoms with Crippen LogP contribution in [0.1, 0.15) is 72.1 Å². The smallest absolute Gasteiger partial charge is 0.330 e. The maximum atomic E-state index is 11.3. The van der Waals surface area contributed by atoms with Crippen LogP contribution in [0.2, 0.25) is 0 Å². The van der Waals surface area contributed by atoms with Gasteiger partial charge in [-0.2, -0.15) is 11.8 Å². The van der Waals surface area contributed by atoms with Crippen LogP contribution in [0, 0.1) is 0 Å². The first-order valence-corrected chi connectivity index (χ1v) is 19.0. The Bertz CT molecular complexity index is 1590. The van der Waals surface area contributed by atoms with Gasteiger partial charge in [0.2, 0.25) is 0 Å². The molecule has 0 bridgehead atoms. The van der Waals surface area contributed by atoms with Crippen LogP contribution in [0.5, 0.6) is 0 Å². The van der Waals surface area contributed by atoms with Gasteiger partial charge in [-0.05, 0) is 77.1 Å². The Morgan fingerprint density at radius 1 is 0.627 bits per heavy atom. The van der Waals surface area contributed by atoms with Crippen molar-refractivity contribution in [3.05, 3.63) is 180 Å². The molecule has 0 aromatic heterocycles. The Balaban J connectivity index is 0.000000322. The highest BCUT2D eigenvalue weighted by molar-refractivity contribution is 7.98. The van der Waals surface area contributed by atoms with E-state index in [1.165, 1.54) is 51.4 Å². The molecular formula is C46H56O4S. The number of carbonyl (C=O) groups excluding carboxylic acids is 2. The zero-order chi connectivity index (χ0) is 36.9. The highest BCUT2D eigenvalue weighted by Crippen LogP contribution is 2.17. The third kappa shape index (κ3) is 20.1. The van der Waals surface area contributed by atoms with E-state index in [9.17, 15) is 9.59 Å². The Hall–Kier alpha value is -4.45. The molecule has 0 aliphatic rings. The second-order valence-corrected chi connectivity index (χ2v) is 13.1. The van der Waals surface area contributed by atoms with Crippen molar-refractivity contribution in [3.63, 3.8) is 0 Å². The van der Waals surface area contributed by atoms with Crippen molar-refractivity contribution in [2.24, 2.45) is 0 Å². The van der Waals surface area contributed by atoms with Crippen molar-refractivity contribution < 1.29 is 19.1 Å². The minimum absolute atomic E-state index is 0.109. The van der Waals surface area contributed by atoms with Gasteiger partial charge in [0.1, 0.15) is 6.61 Å². The van der Waals surface area contributed by atoms with E-state index in [0.717, 1.165) is 49.7 Å². The van der Waals surface area contributed by atoms with Crippen LogP contribution in [0.25, 0.3) is 0 Å². The lowest BCUT2D eigenvalue weighted by molar-refractivity contribution is -0.139. The second kappa shape index (κ2) is 27.3. The Morgan fingerprint density at radius 2 is 1.16 bits per heavy atom. The van der Waals surface area contributed by atoms with Gasteiger partial charge in [-0.3, -0.25) is 4.79 Å². The summed E-state index contributed by atoms with van der Waals surface area (Å²) in [7, 11) is 0. The molecule has 0 atom stereocenters. The van der Waals surface area contributed by atoms with Crippen molar-refractivity contribution >= 4 is 23.5 Å². The van der Waals surface area contributed by atoms with Crippen LogP contribution in [0.3, 0.4) is 0 Å². The van der Waals surface area contributed by atoms with Crippen molar-refractivity contribution in [1.29, 1.82) is 0 Å². The van der Waals surface area contributed by atoms with Crippen molar-refractivity contribution in [1.82, 2.24) is 0 Å². The topological polar surface area (TPSA) is 52.6 Å². The van der Waals surface area contributed by atoms with Gasteiger partial charge in [0.05, 0.1) is 13.2 Å². The SMILES string of the molecule is C=CC(=O)CCc1cccc(Cc2cccc(CCC)c2)c1.C=CC(=O)OCCOCCSCc1cccc(Cc2ccccc2)c1.C=CCC. The average Bonchev–Trinajstić information content (AvgIpc) is 3.16. The van der Waals surface area contributed by atoms with Gasteiger partial charge in [0.25, 0.3) is 0 Å². The molecule has 0 aliphatic carbocycles. The molecule has 4 nitrogen and oxygen atoms in total. The van der Waals surface area contributed by atoms with Gasteiger partial charge >= 0.3 is 5.97 Å². The normalized spacial score (nSPS) is 10.1. The Kier molecular flexibility index (Phi) is 22.9. The molecule has 0 fully saturated rings. The van der Waals surface area contributed by atoms with Gasteiger partial charge in [0.15, 0.2) is 5.78 Å². The fraction of sp³-hybridized carbons (Fsp3) is 0.304. The summed E-state index contributed by atoms with van der Waals surface area (Å²) in [4.78, 5) is 22.2. The van der Waals surface area contributed by atoms with E-state index in [0.29, 0.717) is 19.6 Å². The first-order chi connectivity index (χ1) is 24.9. The molecule has 0 unspecified atom stereocenters. The highest BCUT2D eigenvalue weighted by atomic mass is 32.2. The number of allylic oxidation sites excluding steroid dienone is 2. The van der Waals surface area contributed by atoms with Crippen LogP contribution in [0.15, 0.2) is 141 Å². The standard InChI is InChI=1S/C21H24O3S.C21H24O.C4H8/c1-2-21(22)24-12-11-23-13-14-25-17-20-10-6-9-19(16-20)15-18-7-4-3-5-8-18;1-3-7-17-8-5-10-19(14-17)16-20-11-6-9-18(15-20)12-13-21(22)4-2;1-3-4-2/h2-10,16H,1,11-15,17H2;4-6,8-11,14-15H,2-3,7,12-13,16H2,1H3;3H,1,4H2,2H3. The number of ketones is 1. The minimum Gasteiger partial charge on any atom is -0.460 e. The fourth-order valence-electron chi connectivity index (χ4n) is 5.02. The van der Waals surface area contributed by atoms with Crippen molar-refractivity contribution in [2.75, 3.05) is 25.6 Å². The molecule has 4 aromatic rings. The summed E-state index contributed by atoms with van der Waals surface area (Å²) in [6, 6.07) is 36.6. The first-order valence-electron chi connectivity index (χ1n) is 17.9. The van der Waals surface area contributed by atoms with Crippen LogP contribution in [-0.2, 0) is 50.5 Å². The number of esters is 1. The number of benzene rings is 4. The fourth-order valence-corrected chi connectivity index (χ4v) is 5.81. The summed E-state index contributed by atoms with van der Waals surface area (Å²) < 4.78 is 10.3. The summed E-state index contributed by atoms with van der Waals surface area (Å²) in [6.45, 7) is 16.0. The second-order valence-electron chi connectivity index (χ2n) is 12.0. The lowest BCUT2D eigenvalue weighted by Gasteiger charge is -2.07. The van der Waals surface area contributed by atoms with Crippen LogP contribution in [-0.4, -0.2) is 37.3 Å². The maximum absolute atomic E-state index is 11.3. The zero-order valence-electron chi connectivity index (χ0n) is 30.7. The number of carbonyl (C=O) groups is 2. The van der Waals surface area contributed by atoms with Gasteiger partial charge in [-0.1, -0.05) is 143 Å². The van der Waals surface area contributed by atoms with E-state index in [1.54, 1.807) is 0 Å². The van der Waals surface area contributed by atoms with Crippen LogP contribution in [0.4, 0.5) is 0 Å². The zero-order valence-corrected chi connectivity index (χ0v) is 31.5. The Morgan fingerprint density at radius 3 is 1.73 bits per heavy atom. The van der Waals surface area contributed by atoms with Crippen molar-refractivity contribution in [3.8, 4) is 0 Å². The summed E-state index contributed by atoms with van der Waals surface area (Å²) in [5.41, 5.74) is 9.29. The third-order valence-electron chi connectivity index (χ3n) is 7.63.